The van der Waals surface area contributed by atoms with E-state index >= 15 is 0 Å². The molecule has 1 fully saturated rings. The summed E-state index contributed by atoms with van der Waals surface area (Å²) in [5.41, 5.74) is -0.206. The molecule has 3 N–H and O–H groups in total. The molecule has 1 heterocycles. The molecule has 6 nitrogen and oxygen atoms in total. The van der Waals surface area contributed by atoms with Crippen molar-refractivity contribution in [3.63, 3.8) is 0 Å². The van der Waals surface area contributed by atoms with Gasteiger partial charge in [-0.05, 0) is 31.6 Å². The number of aromatic nitrogens is 1. The molecule has 0 bridgehead atoms. The maximum absolute atomic E-state index is 11.9. The molecule has 108 valence electrons. The van der Waals surface area contributed by atoms with Crippen LogP contribution in [0.15, 0.2) is 23.3 Å². The Hall–Kier alpha value is -2.11. The summed E-state index contributed by atoms with van der Waals surface area (Å²) >= 11 is 0. The van der Waals surface area contributed by atoms with Gasteiger partial charge in [-0.2, -0.15) is 0 Å². The number of aliphatic carboxylic acids is 1. The maximum Gasteiger partial charge on any atom is 0.306 e. The number of carbonyl (C=O) groups excluding carboxylic acids is 1. The number of rotatable bonds is 4. The molecular weight excluding hydrogens is 260 g/mol. The van der Waals surface area contributed by atoms with Crippen LogP contribution in [0, 0.1) is 11.8 Å². The van der Waals surface area contributed by atoms with Crippen molar-refractivity contribution in [1.29, 1.82) is 0 Å². The van der Waals surface area contributed by atoms with E-state index in [-0.39, 0.29) is 28.7 Å². The largest absolute Gasteiger partial charge is 0.481 e. The lowest BCUT2D eigenvalue weighted by Gasteiger charge is -2.26. The summed E-state index contributed by atoms with van der Waals surface area (Å²) in [6.45, 7) is 0.486. The Kier molecular flexibility index (Phi) is 4.55. The number of nitrogens with one attached hydrogen (secondary N) is 2. The van der Waals surface area contributed by atoms with E-state index in [0.717, 1.165) is 12.8 Å². The fourth-order valence-corrected chi connectivity index (χ4v) is 2.54. The summed E-state index contributed by atoms with van der Waals surface area (Å²) in [5, 5.41) is 11.7. The highest BCUT2D eigenvalue weighted by atomic mass is 16.4. The fraction of sp³-hybridized carbons (Fsp3) is 0.500. The van der Waals surface area contributed by atoms with Gasteiger partial charge in [-0.15, -0.1) is 0 Å². The molecule has 1 aliphatic carbocycles. The van der Waals surface area contributed by atoms with Gasteiger partial charge in [-0.25, -0.2) is 0 Å². The summed E-state index contributed by atoms with van der Waals surface area (Å²) in [6.07, 6.45) is 5.76. The van der Waals surface area contributed by atoms with Crippen molar-refractivity contribution < 1.29 is 14.7 Å². The summed E-state index contributed by atoms with van der Waals surface area (Å²) < 4.78 is 0. The van der Waals surface area contributed by atoms with Gasteiger partial charge >= 0.3 is 5.97 Å². The average Bonchev–Trinajstić information content (AvgIpc) is 2.45. The highest BCUT2D eigenvalue weighted by Crippen LogP contribution is 2.28. The molecule has 2 rings (SSSR count). The second-order valence-corrected chi connectivity index (χ2v) is 5.19. The third-order valence-corrected chi connectivity index (χ3v) is 3.82. The predicted molar refractivity (Wildman–Crippen MR) is 72.5 cm³/mol. The van der Waals surface area contributed by atoms with Crippen LogP contribution in [0.5, 0.6) is 0 Å². The van der Waals surface area contributed by atoms with Crippen molar-refractivity contribution in [3.05, 3.63) is 34.2 Å². The molecule has 6 heteroatoms. The van der Waals surface area contributed by atoms with Crippen molar-refractivity contribution in [2.45, 2.75) is 25.7 Å². The van der Waals surface area contributed by atoms with Crippen LogP contribution >= 0.6 is 0 Å². The van der Waals surface area contributed by atoms with Gasteiger partial charge in [0.2, 0.25) is 0 Å². The van der Waals surface area contributed by atoms with E-state index in [0.29, 0.717) is 19.4 Å². The third kappa shape index (κ3) is 3.46. The molecule has 0 aromatic carbocycles. The molecule has 0 saturated heterocycles. The third-order valence-electron chi connectivity index (χ3n) is 3.82. The van der Waals surface area contributed by atoms with Gasteiger partial charge in [0, 0.05) is 25.0 Å². The molecule has 0 aliphatic heterocycles. The zero-order chi connectivity index (χ0) is 14.5. The van der Waals surface area contributed by atoms with Crippen LogP contribution in [0.1, 0.15) is 36.0 Å². The quantitative estimate of drug-likeness (QED) is 0.765. The number of carboxylic acids is 1. The number of carbonyl (C=O) groups is 2. The number of carboxylic acid groups (broad SMARTS) is 1. The van der Waals surface area contributed by atoms with Crippen molar-refractivity contribution in [3.8, 4) is 0 Å². The molecule has 1 saturated carbocycles. The van der Waals surface area contributed by atoms with Crippen LogP contribution in [0.2, 0.25) is 0 Å². The van der Waals surface area contributed by atoms with E-state index < -0.39 is 5.97 Å². The summed E-state index contributed by atoms with van der Waals surface area (Å²) in [7, 11) is 0. The summed E-state index contributed by atoms with van der Waals surface area (Å²) in [4.78, 5) is 36.9. The van der Waals surface area contributed by atoms with Gasteiger partial charge in [0.25, 0.3) is 5.91 Å². The van der Waals surface area contributed by atoms with Crippen LogP contribution in [-0.2, 0) is 4.79 Å². The maximum atomic E-state index is 11.9. The average molecular weight is 278 g/mol. The second kappa shape index (κ2) is 6.36. The molecule has 0 spiro atoms. The SMILES string of the molecule is O=C(NCC1CCC(C(=O)O)CC1)c1c[nH]ccc1=O. The fourth-order valence-electron chi connectivity index (χ4n) is 2.54. The predicted octanol–water partition coefficient (Wildman–Crippen LogP) is 0.996. The number of H-pyrrole nitrogens is 1. The first-order valence-electron chi connectivity index (χ1n) is 6.76. The smallest absolute Gasteiger partial charge is 0.306 e. The van der Waals surface area contributed by atoms with Gasteiger partial charge in [-0.1, -0.05) is 0 Å². The van der Waals surface area contributed by atoms with Crippen molar-refractivity contribution in [2.24, 2.45) is 11.8 Å². The molecule has 0 atom stereocenters. The molecule has 0 radical (unpaired) electrons. The highest BCUT2D eigenvalue weighted by Gasteiger charge is 2.26. The Bertz CT molecular complexity index is 544. The minimum atomic E-state index is -0.733. The summed E-state index contributed by atoms with van der Waals surface area (Å²) in [5.74, 6) is -1.08. The first kappa shape index (κ1) is 14.3. The van der Waals surface area contributed by atoms with Gasteiger partial charge < -0.3 is 15.4 Å². The van der Waals surface area contributed by atoms with E-state index in [1.807, 2.05) is 0 Å². The number of amides is 1. The second-order valence-electron chi connectivity index (χ2n) is 5.19. The first-order chi connectivity index (χ1) is 9.58. The van der Waals surface area contributed by atoms with Crippen LogP contribution in [0.4, 0.5) is 0 Å². The Morgan fingerprint density at radius 3 is 2.60 bits per heavy atom. The zero-order valence-corrected chi connectivity index (χ0v) is 11.1. The Balaban J connectivity index is 1.82. The Labute approximate surface area is 116 Å². The van der Waals surface area contributed by atoms with Gasteiger partial charge in [0.15, 0.2) is 5.43 Å². The summed E-state index contributed by atoms with van der Waals surface area (Å²) in [6, 6.07) is 1.31. The number of aromatic amines is 1. The minimum absolute atomic E-state index is 0.103. The zero-order valence-electron chi connectivity index (χ0n) is 11.1. The lowest BCUT2D eigenvalue weighted by atomic mass is 9.82. The number of hydrogen-bond acceptors (Lipinski definition) is 3. The van der Waals surface area contributed by atoms with Crippen LogP contribution in [0.25, 0.3) is 0 Å². The topological polar surface area (TPSA) is 99.3 Å². The van der Waals surface area contributed by atoms with Gasteiger partial charge in [0.05, 0.1) is 5.92 Å². The van der Waals surface area contributed by atoms with E-state index in [9.17, 15) is 14.4 Å². The standard InChI is InChI=1S/C14H18N2O4/c17-12-5-6-15-8-11(12)13(18)16-7-9-1-3-10(4-2-9)14(19)20/h5-6,8-10H,1-4,7H2,(H,15,17)(H,16,18)(H,19,20). The molecule has 0 unspecified atom stereocenters. The Morgan fingerprint density at radius 2 is 2.00 bits per heavy atom. The minimum Gasteiger partial charge on any atom is -0.481 e. The van der Waals surface area contributed by atoms with Crippen LogP contribution < -0.4 is 10.7 Å². The Morgan fingerprint density at radius 1 is 1.30 bits per heavy atom. The lowest BCUT2D eigenvalue weighted by molar-refractivity contribution is -0.143. The number of hydrogen-bond donors (Lipinski definition) is 3. The van der Waals surface area contributed by atoms with Crippen molar-refractivity contribution >= 4 is 11.9 Å². The van der Waals surface area contributed by atoms with E-state index in [2.05, 4.69) is 10.3 Å². The van der Waals surface area contributed by atoms with Crippen molar-refractivity contribution in [2.75, 3.05) is 6.54 Å². The van der Waals surface area contributed by atoms with E-state index in [1.165, 1.54) is 18.5 Å². The lowest BCUT2D eigenvalue weighted by Crippen LogP contribution is -2.34. The molecule has 1 aromatic heterocycles. The van der Waals surface area contributed by atoms with Crippen molar-refractivity contribution in [1.82, 2.24) is 10.3 Å². The van der Waals surface area contributed by atoms with E-state index in [4.69, 9.17) is 5.11 Å². The molecule has 1 aliphatic rings. The number of pyridine rings is 1. The molecular formula is C14H18N2O4. The molecule has 1 amide bonds. The monoisotopic (exact) mass is 278 g/mol. The first-order valence-corrected chi connectivity index (χ1v) is 6.76. The molecule has 1 aromatic rings. The molecule has 20 heavy (non-hydrogen) atoms. The van der Waals surface area contributed by atoms with Crippen LogP contribution in [-0.4, -0.2) is 28.5 Å². The highest BCUT2D eigenvalue weighted by molar-refractivity contribution is 5.93. The van der Waals surface area contributed by atoms with Gasteiger partial charge in [-0.3, -0.25) is 14.4 Å². The van der Waals surface area contributed by atoms with Gasteiger partial charge in [0.1, 0.15) is 5.56 Å². The van der Waals surface area contributed by atoms with Crippen LogP contribution in [0.3, 0.4) is 0 Å². The van der Waals surface area contributed by atoms with E-state index in [1.54, 1.807) is 0 Å². The normalized spacial score (nSPS) is 22.2.